The molecule has 0 fully saturated rings. The van der Waals surface area contributed by atoms with Crippen molar-refractivity contribution in [2.75, 3.05) is 6.54 Å². The summed E-state index contributed by atoms with van der Waals surface area (Å²) in [4.78, 5) is 12.5. The summed E-state index contributed by atoms with van der Waals surface area (Å²) in [7, 11) is 0. The Morgan fingerprint density at radius 1 is 1.24 bits per heavy atom. The summed E-state index contributed by atoms with van der Waals surface area (Å²) in [5.41, 5.74) is 1.23. The fourth-order valence-electron chi connectivity index (χ4n) is 2.00. The Hall–Kier alpha value is -2.28. The van der Waals surface area contributed by atoms with Gasteiger partial charge in [0.25, 0.3) is 0 Å². The van der Waals surface area contributed by atoms with E-state index in [1.54, 1.807) is 10.8 Å². The van der Waals surface area contributed by atoms with Gasteiger partial charge in [0.2, 0.25) is 10.9 Å². The van der Waals surface area contributed by atoms with Crippen LogP contribution >= 0.6 is 11.3 Å². The summed E-state index contributed by atoms with van der Waals surface area (Å²) >= 11 is 1.46. The van der Waals surface area contributed by atoms with E-state index in [9.17, 15) is 4.79 Å². The third-order valence-corrected chi connectivity index (χ3v) is 4.05. The molecule has 0 aliphatic carbocycles. The molecule has 0 aliphatic heterocycles. The number of nitrogens with zero attached hydrogens (tertiary/aromatic N) is 4. The molecular weight excluding hydrogens is 286 g/mol. The number of amides is 1. The summed E-state index contributed by atoms with van der Waals surface area (Å²) in [5, 5.41) is 15.8. The van der Waals surface area contributed by atoms with Gasteiger partial charge in [-0.25, -0.2) is 0 Å². The van der Waals surface area contributed by atoms with Crippen LogP contribution in [0.25, 0.3) is 4.96 Å². The van der Waals surface area contributed by atoms with Gasteiger partial charge >= 0.3 is 0 Å². The Morgan fingerprint density at radius 2 is 2.10 bits per heavy atom. The second-order valence-electron chi connectivity index (χ2n) is 4.64. The molecule has 6 nitrogen and oxygen atoms in total. The molecule has 7 heteroatoms. The molecule has 2 heterocycles. The topological polar surface area (TPSA) is 72.2 Å². The molecule has 0 saturated heterocycles. The summed E-state index contributed by atoms with van der Waals surface area (Å²) in [6.45, 7) is 0.661. The molecule has 0 atom stereocenters. The highest BCUT2D eigenvalue weighted by atomic mass is 32.1. The fraction of sp³-hybridized carbons (Fsp3) is 0.286. The molecule has 0 spiro atoms. The van der Waals surface area contributed by atoms with Crippen molar-refractivity contribution in [3.63, 3.8) is 0 Å². The minimum Gasteiger partial charge on any atom is -0.356 e. The Labute approximate surface area is 125 Å². The molecule has 21 heavy (non-hydrogen) atoms. The average Bonchev–Trinajstić information content (AvgIpc) is 3.07. The Morgan fingerprint density at radius 3 is 2.90 bits per heavy atom. The average molecular weight is 301 g/mol. The highest BCUT2D eigenvalue weighted by Gasteiger charge is 2.08. The van der Waals surface area contributed by atoms with Crippen molar-refractivity contribution in [1.29, 1.82) is 0 Å². The lowest BCUT2D eigenvalue weighted by atomic mass is 10.1. The van der Waals surface area contributed by atoms with Gasteiger partial charge in [0.15, 0.2) is 0 Å². The van der Waals surface area contributed by atoms with E-state index in [-0.39, 0.29) is 5.91 Å². The van der Waals surface area contributed by atoms with Gasteiger partial charge in [0, 0.05) is 19.4 Å². The maximum Gasteiger partial charge on any atom is 0.234 e. The van der Waals surface area contributed by atoms with Gasteiger partial charge in [0.1, 0.15) is 11.3 Å². The van der Waals surface area contributed by atoms with Crippen LogP contribution in [0.5, 0.6) is 0 Å². The van der Waals surface area contributed by atoms with Gasteiger partial charge in [-0.1, -0.05) is 41.7 Å². The van der Waals surface area contributed by atoms with Gasteiger partial charge in [-0.15, -0.1) is 10.2 Å². The van der Waals surface area contributed by atoms with Crippen LogP contribution in [0.15, 0.2) is 36.7 Å². The molecule has 3 aromatic rings. The first-order valence-electron chi connectivity index (χ1n) is 6.77. The van der Waals surface area contributed by atoms with Crippen molar-refractivity contribution in [3.05, 3.63) is 47.2 Å². The maximum atomic E-state index is 11.8. The van der Waals surface area contributed by atoms with Crippen molar-refractivity contribution in [2.45, 2.75) is 19.3 Å². The number of aryl methyl sites for hydroxylation is 1. The second kappa shape index (κ2) is 6.45. The highest BCUT2D eigenvalue weighted by Crippen LogP contribution is 2.13. The molecule has 1 aromatic carbocycles. The molecule has 3 rings (SSSR count). The molecule has 0 saturated carbocycles. The number of carbonyl (C=O) groups is 1. The number of hydrogen-bond donors (Lipinski definition) is 1. The SMILES string of the molecule is O=C(CCc1nn2cnnc2s1)NCCc1ccccc1. The Bertz CT molecular complexity index is 693. The van der Waals surface area contributed by atoms with Crippen LogP contribution in [0, 0.1) is 0 Å². The Balaban J connectivity index is 1.41. The predicted molar refractivity (Wildman–Crippen MR) is 80.1 cm³/mol. The zero-order valence-corrected chi connectivity index (χ0v) is 12.2. The van der Waals surface area contributed by atoms with Gasteiger partial charge in [-0.2, -0.15) is 9.61 Å². The van der Waals surface area contributed by atoms with E-state index < -0.39 is 0 Å². The molecule has 1 amide bonds. The van der Waals surface area contributed by atoms with Gasteiger partial charge in [-0.05, 0) is 12.0 Å². The monoisotopic (exact) mass is 301 g/mol. The first kappa shape index (κ1) is 13.7. The number of carbonyl (C=O) groups excluding carboxylic acids is 1. The quantitative estimate of drug-likeness (QED) is 0.748. The minimum absolute atomic E-state index is 0.0527. The van der Waals surface area contributed by atoms with Crippen LogP contribution in [0.2, 0.25) is 0 Å². The van der Waals surface area contributed by atoms with E-state index >= 15 is 0 Å². The summed E-state index contributed by atoms with van der Waals surface area (Å²) in [6.07, 6.45) is 3.49. The molecule has 0 bridgehead atoms. The maximum absolute atomic E-state index is 11.8. The minimum atomic E-state index is 0.0527. The molecule has 0 unspecified atom stereocenters. The Kier molecular flexibility index (Phi) is 4.20. The first-order chi connectivity index (χ1) is 10.3. The van der Waals surface area contributed by atoms with E-state index in [1.807, 2.05) is 18.2 Å². The number of benzene rings is 1. The van der Waals surface area contributed by atoms with Crippen LogP contribution in [0.3, 0.4) is 0 Å². The number of rotatable bonds is 6. The highest BCUT2D eigenvalue weighted by molar-refractivity contribution is 7.16. The van der Waals surface area contributed by atoms with E-state index in [0.717, 1.165) is 16.4 Å². The van der Waals surface area contributed by atoms with E-state index in [0.29, 0.717) is 19.4 Å². The largest absolute Gasteiger partial charge is 0.356 e. The molecule has 2 aromatic heterocycles. The number of nitrogens with one attached hydrogen (secondary N) is 1. The molecule has 0 aliphatic rings. The number of aromatic nitrogens is 4. The van der Waals surface area contributed by atoms with Crippen molar-refractivity contribution < 1.29 is 4.79 Å². The zero-order chi connectivity index (χ0) is 14.5. The lowest BCUT2D eigenvalue weighted by Gasteiger charge is -2.04. The molecule has 0 radical (unpaired) electrons. The number of fused-ring (bicyclic) bond motifs is 1. The summed E-state index contributed by atoms with van der Waals surface area (Å²) < 4.78 is 1.63. The molecule has 108 valence electrons. The van der Waals surface area contributed by atoms with Crippen molar-refractivity contribution in [3.8, 4) is 0 Å². The normalized spacial score (nSPS) is 10.9. The van der Waals surface area contributed by atoms with Gasteiger partial charge in [0.05, 0.1) is 0 Å². The van der Waals surface area contributed by atoms with Crippen LogP contribution < -0.4 is 5.32 Å². The predicted octanol–water partition coefficient (Wildman–Crippen LogP) is 1.48. The third-order valence-electron chi connectivity index (χ3n) is 3.07. The second-order valence-corrected chi connectivity index (χ2v) is 5.68. The molecule has 1 N–H and O–H groups in total. The smallest absolute Gasteiger partial charge is 0.234 e. The van der Waals surface area contributed by atoms with Crippen LogP contribution in [-0.4, -0.2) is 32.3 Å². The van der Waals surface area contributed by atoms with E-state index in [1.165, 1.54) is 16.9 Å². The van der Waals surface area contributed by atoms with Crippen molar-refractivity contribution in [1.82, 2.24) is 25.1 Å². The van der Waals surface area contributed by atoms with Crippen LogP contribution in [0.4, 0.5) is 0 Å². The third kappa shape index (κ3) is 3.63. The van der Waals surface area contributed by atoms with Crippen molar-refractivity contribution >= 4 is 22.2 Å². The standard InChI is InChI=1S/C14H15N5OS/c20-12(15-9-8-11-4-2-1-3-5-11)6-7-13-18-19-10-16-17-14(19)21-13/h1-5,10H,6-9H2,(H,15,20). The van der Waals surface area contributed by atoms with E-state index in [2.05, 4.69) is 32.7 Å². The fourth-order valence-corrected chi connectivity index (χ4v) is 2.81. The number of hydrogen-bond acceptors (Lipinski definition) is 5. The van der Waals surface area contributed by atoms with Crippen LogP contribution in [0.1, 0.15) is 17.0 Å². The van der Waals surface area contributed by atoms with E-state index in [4.69, 9.17) is 0 Å². The van der Waals surface area contributed by atoms with Crippen molar-refractivity contribution in [2.24, 2.45) is 0 Å². The first-order valence-corrected chi connectivity index (χ1v) is 7.59. The zero-order valence-electron chi connectivity index (χ0n) is 11.4. The summed E-state index contributed by atoms with van der Waals surface area (Å²) in [5.74, 6) is 0.0527. The lowest BCUT2D eigenvalue weighted by Crippen LogP contribution is -2.25. The lowest BCUT2D eigenvalue weighted by molar-refractivity contribution is -0.121. The van der Waals surface area contributed by atoms with Gasteiger partial charge < -0.3 is 5.32 Å². The summed E-state index contributed by atoms with van der Waals surface area (Å²) in [6, 6.07) is 10.1. The van der Waals surface area contributed by atoms with Gasteiger partial charge in [-0.3, -0.25) is 4.79 Å². The van der Waals surface area contributed by atoms with Crippen LogP contribution in [-0.2, 0) is 17.6 Å². The molecular formula is C14H15N5OS.